The van der Waals surface area contributed by atoms with Crippen LogP contribution in [0.1, 0.15) is 43.9 Å². The van der Waals surface area contributed by atoms with E-state index < -0.39 is 18.0 Å². The van der Waals surface area contributed by atoms with Gasteiger partial charge in [0, 0.05) is 41.5 Å². The Hall–Kier alpha value is -4.29. The molecule has 44 heavy (non-hydrogen) atoms. The third-order valence-corrected chi connectivity index (χ3v) is 8.62. The van der Waals surface area contributed by atoms with Gasteiger partial charge in [-0.05, 0) is 44.4 Å². The first-order valence-electron chi connectivity index (χ1n) is 14.9. The summed E-state index contributed by atoms with van der Waals surface area (Å²) < 4.78 is 18.5. The monoisotopic (exact) mass is 615 g/mol. The number of carbonyl (C=O) groups is 1. The average Bonchev–Trinajstić information content (AvgIpc) is 3.55. The number of hydrogen-bond acceptors (Lipinski definition) is 8. The Labute approximate surface area is 260 Å². The lowest BCUT2D eigenvalue weighted by molar-refractivity contribution is -0.477. The summed E-state index contributed by atoms with van der Waals surface area (Å²) in [5.41, 5.74) is 3.55. The number of carbonyl (C=O) groups excluding carboxylic acids is 1. The minimum absolute atomic E-state index is 0.0161. The molecule has 1 unspecified atom stereocenters. The number of amides is 1. The number of nitrogens with one attached hydrogen (secondary N) is 2. The van der Waals surface area contributed by atoms with Crippen LogP contribution >= 0.6 is 0 Å². The molecular formula is C32H36FN8O2S+. The highest BCUT2D eigenvalue weighted by Gasteiger charge is 2.41. The van der Waals surface area contributed by atoms with Crippen molar-refractivity contribution < 1.29 is 18.2 Å². The minimum atomic E-state index is -0.736. The van der Waals surface area contributed by atoms with Gasteiger partial charge in [-0.1, -0.05) is 30.3 Å². The molecule has 4 aromatic rings. The van der Waals surface area contributed by atoms with E-state index in [-0.39, 0.29) is 29.5 Å². The summed E-state index contributed by atoms with van der Waals surface area (Å²) in [5, 5.41) is 22.2. The minimum Gasteiger partial charge on any atom is -0.388 e. The highest BCUT2D eigenvalue weighted by Crippen LogP contribution is 2.40. The normalized spacial score (nSPS) is 19.7. The Morgan fingerprint density at radius 1 is 1.30 bits per heavy atom. The molecule has 1 aliphatic carbocycles. The largest absolute Gasteiger partial charge is 0.388 e. The Morgan fingerprint density at radius 3 is 2.91 bits per heavy atom. The van der Waals surface area contributed by atoms with Crippen LogP contribution < -0.4 is 15.5 Å². The zero-order valence-electron chi connectivity index (χ0n) is 24.8. The lowest BCUT2D eigenvalue weighted by Gasteiger charge is -2.33. The third-order valence-electron chi connectivity index (χ3n) is 8.22. The molecule has 0 bridgehead atoms. The highest BCUT2D eigenvalue weighted by molar-refractivity contribution is 7.44. The summed E-state index contributed by atoms with van der Waals surface area (Å²) in [6.45, 7) is 9.32. The first-order valence-corrected chi connectivity index (χ1v) is 15.3. The van der Waals surface area contributed by atoms with Crippen molar-refractivity contribution in [3.63, 3.8) is 0 Å². The molecule has 2 aromatic carbocycles. The molecular weight excluding hydrogens is 579 g/mol. The first kappa shape index (κ1) is 29.8. The number of piperidine rings is 1. The van der Waals surface area contributed by atoms with Crippen molar-refractivity contribution in [1.29, 1.82) is 0 Å². The van der Waals surface area contributed by atoms with E-state index >= 15 is 4.39 Å². The van der Waals surface area contributed by atoms with E-state index in [0.717, 1.165) is 29.5 Å². The predicted octanol–water partition coefficient (Wildman–Crippen LogP) is 4.67. The second-order valence-corrected chi connectivity index (χ2v) is 12.1. The number of fused-ring (bicyclic) bond motifs is 2. The first-order chi connectivity index (χ1) is 21.2. The molecule has 0 saturated carbocycles. The SMILES string of the molecule is C=CCn1ncc2cc(F)c(Nc3ncc(N4CCC[C@H](C(=O)NC(C)C)C4)c([N+](=S)[C@H]4c5ccccc5CC4O)n3)cc21. The van der Waals surface area contributed by atoms with Gasteiger partial charge in [0.15, 0.2) is 11.7 Å². The molecule has 1 amide bonds. The Kier molecular flexibility index (Phi) is 8.37. The van der Waals surface area contributed by atoms with E-state index in [4.69, 9.17) is 17.4 Å². The van der Waals surface area contributed by atoms with Gasteiger partial charge in [-0.15, -0.1) is 10.5 Å². The van der Waals surface area contributed by atoms with Crippen LogP contribution in [0.3, 0.4) is 0 Å². The molecule has 1 aliphatic heterocycles. The van der Waals surface area contributed by atoms with Crippen LogP contribution in [-0.4, -0.2) is 59.9 Å². The molecule has 2 aliphatic rings. The molecule has 1 saturated heterocycles. The van der Waals surface area contributed by atoms with Crippen LogP contribution in [-0.2, 0) is 30.2 Å². The van der Waals surface area contributed by atoms with Crippen LogP contribution in [0.5, 0.6) is 0 Å². The molecule has 6 rings (SSSR count). The maximum Gasteiger partial charge on any atom is 0.365 e. The zero-order chi connectivity index (χ0) is 31.0. The molecule has 1 fully saturated rings. The van der Waals surface area contributed by atoms with Crippen molar-refractivity contribution in [3.05, 3.63) is 78.4 Å². The smallest absolute Gasteiger partial charge is 0.365 e. The number of aromatic nitrogens is 4. The number of hydrogen-bond donors (Lipinski definition) is 3. The standard InChI is InChI=1S/C32H35FN8O2S/c1-4-11-40-26-15-25(24(33)13-22(26)16-35-40)37-32-34-17-27(39-12-7-9-21(18-39)31(43)36-19(2)3)30(38-32)41(44)29-23-10-6-5-8-20(23)14-28(29)42/h4-6,8,10,13,15-17,19,21,28-29,42H,1,7,9,11-12,14,18H2,2-3H3,(H-,34,35,36,37,38,43)/p+1/t21-,28?,29-/m0/s1. The number of allylic oxidation sites excluding steroid dienone is 1. The van der Waals surface area contributed by atoms with Gasteiger partial charge < -0.3 is 15.3 Å². The molecule has 12 heteroatoms. The fourth-order valence-corrected chi connectivity index (χ4v) is 6.56. The van der Waals surface area contributed by atoms with Crippen molar-refractivity contribution in [2.75, 3.05) is 23.3 Å². The van der Waals surface area contributed by atoms with E-state index in [9.17, 15) is 9.90 Å². The molecule has 3 N–H and O–H groups in total. The number of nitrogens with zero attached hydrogens (tertiary/aromatic N) is 6. The lowest BCUT2D eigenvalue weighted by atomic mass is 9.96. The van der Waals surface area contributed by atoms with Gasteiger partial charge in [0.1, 0.15) is 24.3 Å². The van der Waals surface area contributed by atoms with Gasteiger partial charge >= 0.3 is 11.8 Å². The van der Waals surface area contributed by atoms with E-state index in [2.05, 4.69) is 32.2 Å². The second-order valence-electron chi connectivity index (χ2n) is 11.7. The van der Waals surface area contributed by atoms with Gasteiger partial charge in [0.05, 0.1) is 36.1 Å². The van der Waals surface area contributed by atoms with Gasteiger partial charge in [-0.3, -0.25) is 14.8 Å². The number of halogens is 1. The van der Waals surface area contributed by atoms with Crippen LogP contribution in [0, 0.1) is 11.7 Å². The van der Waals surface area contributed by atoms with Crippen molar-refractivity contribution >= 4 is 52.4 Å². The molecule has 228 valence electrons. The quantitative estimate of drug-likeness (QED) is 0.184. The molecule has 2 aromatic heterocycles. The van der Waals surface area contributed by atoms with E-state index in [1.807, 2.05) is 38.1 Å². The lowest BCUT2D eigenvalue weighted by Crippen LogP contribution is -2.45. The number of anilines is 3. The van der Waals surface area contributed by atoms with E-state index in [1.165, 1.54) is 6.07 Å². The topological polar surface area (TPSA) is 111 Å². The summed E-state index contributed by atoms with van der Waals surface area (Å²) in [7, 11) is 0. The van der Waals surface area contributed by atoms with Crippen LogP contribution in [0.2, 0.25) is 0 Å². The highest BCUT2D eigenvalue weighted by atomic mass is 32.1. The maximum absolute atomic E-state index is 15.2. The average molecular weight is 616 g/mol. The number of benzene rings is 2. The van der Waals surface area contributed by atoms with Gasteiger partial charge in [0.25, 0.3) is 0 Å². The molecule has 0 spiro atoms. The number of aliphatic hydroxyl groups is 1. The van der Waals surface area contributed by atoms with Gasteiger partial charge in [-0.25, -0.2) is 4.39 Å². The molecule has 3 heterocycles. The molecule has 0 radical (unpaired) electrons. The number of aliphatic hydroxyl groups excluding tert-OH is 1. The van der Waals surface area contributed by atoms with E-state index in [1.54, 1.807) is 33.2 Å². The van der Waals surface area contributed by atoms with E-state index in [0.29, 0.717) is 42.9 Å². The Balaban J connectivity index is 1.38. The Morgan fingerprint density at radius 2 is 2.11 bits per heavy atom. The summed E-state index contributed by atoms with van der Waals surface area (Å²) in [4.78, 5) is 24.4. The van der Waals surface area contributed by atoms with Crippen molar-refractivity contribution in [2.45, 2.75) is 57.8 Å². The fourth-order valence-electron chi connectivity index (χ4n) is 6.17. The van der Waals surface area contributed by atoms with Crippen LogP contribution in [0.25, 0.3) is 10.9 Å². The summed E-state index contributed by atoms with van der Waals surface area (Å²) in [6, 6.07) is 10.5. The van der Waals surface area contributed by atoms with Crippen LogP contribution in [0.15, 0.2) is 61.4 Å². The van der Waals surface area contributed by atoms with Crippen molar-refractivity contribution in [3.8, 4) is 0 Å². The Bertz CT molecular complexity index is 1740. The number of rotatable bonds is 9. The van der Waals surface area contributed by atoms with Crippen LogP contribution in [0.4, 0.5) is 27.5 Å². The summed E-state index contributed by atoms with van der Waals surface area (Å²) >= 11 is 6.01. The van der Waals surface area contributed by atoms with Gasteiger partial charge in [0.2, 0.25) is 5.91 Å². The summed E-state index contributed by atoms with van der Waals surface area (Å²) in [6.07, 6.45) is 6.33. The second kappa shape index (κ2) is 12.4. The zero-order valence-corrected chi connectivity index (χ0v) is 25.6. The summed E-state index contributed by atoms with van der Waals surface area (Å²) in [5.74, 6) is -0.105. The molecule has 10 nitrogen and oxygen atoms in total. The third kappa shape index (κ3) is 5.79. The fraction of sp³-hybridized carbons (Fsp3) is 0.375. The van der Waals surface area contributed by atoms with Crippen molar-refractivity contribution in [1.82, 2.24) is 25.1 Å². The van der Waals surface area contributed by atoms with Crippen molar-refractivity contribution in [2.24, 2.45) is 5.92 Å². The predicted molar refractivity (Wildman–Crippen MR) is 170 cm³/mol. The maximum atomic E-state index is 15.2. The molecule has 3 atom stereocenters. The van der Waals surface area contributed by atoms with Gasteiger partial charge in [-0.2, -0.15) is 10.1 Å².